The van der Waals surface area contributed by atoms with Gasteiger partial charge in [-0.05, 0) is 61.0 Å². The zero-order chi connectivity index (χ0) is 10.8. The summed E-state index contributed by atoms with van der Waals surface area (Å²) in [6, 6.07) is 5.99. The second-order valence-corrected chi connectivity index (χ2v) is 4.22. The maximum atomic E-state index is 10.8. The molecular weight excluding hydrogens is 212 g/mol. The molecule has 0 heterocycles. The molecule has 1 aliphatic carbocycles. The standard InChI is InChI=1S/C12H13ClO2/c1-8(12(13)14)15-11-6-5-9-3-2-4-10(9)7-11/h5-8H,2-4H2,1H3/t8-/m1/s1. The Morgan fingerprint density at radius 3 is 2.87 bits per heavy atom. The van der Waals surface area contributed by atoms with E-state index in [1.165, 1.54) is 17.5 Å². The monoisotopic (exact) mass is 224 g/mol. The third-order valence-electron chi connectivity index (χ3n) is 2.70. The summed E-state index contributed by atoms with van der Waals surface area (Å²) in [5.41, 5.74) is 2.73. The van der Waals surface area contributed by atoms with Gasteiger partial charge in [0.15, 0.2) is 6.10 Å². The zero-order valence-corrected chi connectivity index (χ0v) is 9.38. The Morgan fingerprint density at radius 1 is 1.40 bits per heavy atom. The van der Waals surface area contributed by atoms with Gasteiger partial charge < -0.3 is 4.74 Å². The smallest absolute Gasteiger partial charge is 0.262 e. The zero-order valence-electron chi connectivity index (χ0n) is 8.63. The van der Waals surface area contributed by atoms with Gasteiger partial charge in [0.1, 0.15) is 5.75 Å². The van der Waals surface area contributed by atoms with Crippen molar-refractivity contribution in [2.24, 2.45) is 0 Å². The predicted molar refractivity (Wildman–Crippen MR) is 59.4 cm³/mol. The summed E-state index contributed by atoms with van der Waals surface area (Å²) in [5, 5.41) is -0.463. The second-order valence-electron chi connectivity index (χ2n) is 3.85. The van der Waals surface area contributed by atoms with E-state index in [4.69, 9.17) is 16.3 Å². The number of benzene rings is 1. The summed E-state index contributed by atoms with van der Waals surface area (Å²) in [4.78, 5) is 10.8. The lowest BCUT2D eigenvalue weighted by Gasteiger charge is -2.11. The van der Waals surface area contributed by atoms with E-state index < -0.39 is 11.3 Å². The third-order valence-corrected chi connectivity index (χ3v) is 3.01. The van der Waals surface area contributed by atoms with Crippen LogP contribution in [0.3, 0.4) is 0 Å². The minimum atomic E-state index is -0.578. The Kier molecular flexibility index (Phi) is 2.96. The molecule has 1 atom stereocenters. The van der Waals surface area contributed by atoms with Crippen LogP contribution in [0.2, 0.25) is 0 Å². The molecular formula is C12H13ClO2. The molecule has 0 bridgehead atoms. The van der Waals surface area contributed by atoms with Crippen molar-refractivity contribution in [1.82, 2.24) is 0 Å². The maximum absolute atomic E-state index is 10.8. The van der Waals surface area contributed by atoms with Gasteiger partial charge in [0.2, 0.25) is 0 Å². The highest BCUT2D eigenvalue weighted by Crippen LogP contribution is 2.26. The number of carbonyl (C=O) groups excluding carboxylic acids is 1. The number of carbonyl (C=O) groups is 1. The molecule has 0 spiro atoms. The molecule has 1 aliphatic rings. The quantitative estimate of drug-likeness (QED) is 0.738. The van der Waals surface area contributed by atoms with Gasteiger partial charge in [-0.2, -0.15) is 0 Å². The average molecular weight is 225 g/mol. The van der Waals surface area contributed by atoms with Crippen LogP contribution >= 0.6 is 11.6 Å². The van der Waals surface area contributed by atoms with Crippen LogP contribution < -0.4 is 4.74 Å². The number of fused-ring (bicyclic) bond motifs is 1. The summed E-state index contributed by atoms with van der Waals surface area (Å²) >= 11 is 5.33. The Hall–Kier alpha value is -1.02. The fraction of sp³-hybridized carbons (Fsp3) is 0.417. The molecule has 0 amide bonds. The average Bonchev–Trinajstić information content (AvgIpc) is 2.64. The van der Waals surface area contributed by atoms with Crippen LogP contribution in [0.4, 0.5) is 0 Å². The van der Waals surface area contributed by atoms with Crippen LogP contribution in [0.15, 0.2) is 18.2 Å². The van der Waals surface area contributed by atoms with E-state index in [2.05, 4.69) is 6.07 Å². The largest absolute Gasteiger partial charge is 0.482 e. The maximum Gasteiger partial charge on any atom is 0.262 e. The molecule has 1 aromatic carbocycles. The van der Waals surface area contributed by atoms with Gasteiger partial charge in [-0.3, -0.25) is 4.79 Å². The van der Waals surface area contributed by atoms with Crippen LogP contribution in [-0.4, -0.2) is 11.3 Å². The van der Waals surface area contributed by atoms with Crippen molar-refractivity contribution in [3.8, 4) is 5.75 Å². The van der Waals surface area contributed by atoms with Crippen molar-refractivity contribution in [3.63, 3.8) is 0 Å². The molecule has 0 unspecified atom stereocenters. The first kappa shape index (κ1) is 10.5. The van der Waals surface area contributed by atoms with Gasteiger partial charge in [0.25, 0.3) is 5.24 Å². The highest BCUT2D eigenvalue weighted by molar-refractivity contribution is 6.64. The molecule has 80 valence electrons. The molecule has 0 fully saturated rings. The Bertz CT molecular complexity index is 387. The second kappa shape index (κ2) is 4.23. The Balaban J connectivity index is 2.13. The summed E-state index contributed by atoms with van der Waals surface area (Å²) in [6.45, 7) is 1.66. The summed E-state index contributed by atoms with van der Waals surface area (Å²) < 4.78 is 5.42. The first-order chi connectivity index (χ1) is 7.16. The lowest BCUT2D eigenvalue weighted by Crippen LogP contribution is -2.18. The van der Waals surface area contributed by atoms with E-state index in [-0.39, 0.29) is 0 Å². The lowest BCUT2D eigenvalue weighted by atomic mass is 10.1. The van der Waals surface area contributed by atoms with Crippen molar-refractivity contribution < 1.29 is 9.53 Å². The van der Waals surface area contributed by atoms with Crippen LogP contribution in [0, 0.1) is 0 Å². The van der Waals surface area contributed by atoms with Gasteiger partial charge in [-0.25, -0.2) is 0 Å². The molecule has 0 radical (unpaired) electrons. The predicted octanol–water partition coefficient (Wildman–Crippen LogP) is 2.71. The Labute approximate surface area is 94.2 Å². The SMILES string of the molecule is C[C@@H](Oc1ccc2c(c1)CCC2)C(=O)Cl. The van der Waals surface area contributed by atoms with Crippen LogP contribution in [0.25, 0.3) is 0 Å². The molecule has 0 aromatic heterocycles. The normalized spacial score (nSPS) is 15.9. The fourth-order valence-corrected chi connectivity index (χ4v) is 1.92. The number of hydrogen-bond donors (Lipinski definition) is 0. The van der Waals surface area contributed by atoms with Crippen molar-refractivity contribution in [2.75, 3.05) is 0 Å². The summed E-state index contributed by atoms with van der Waals surface area (Å²) in [5.74, 6) is 0.733. The number of aryl methyl sites for hydroxylation is 2. The van der Waals surface area contributed by atoms with Crippen LogP contribution in [0.5, 0.6) is 5.75 Å². The fourth-order valence-electron chi connectivity index (χ4n) is 1.87. The van der Waals surface area contributed by atoms with Gasteiger partial charge in [-0.15, -0.1) is 0 Å². The lowest BCUT2D eigenvalue weighted by molar-refractivity contribution is -0.117. The minimum Gasteiger partial charge on any atom is -0.482 e. The molecule has 0 saturated carbocycles. The third kappa shape index (κ3) is 2.32. The number of rotatable bonds is 3. The van der Waals surface area contributed by atoms with Gasteiger partial charge in [-0.1, -0.05) is 6.07 Å². The topological polar surface area (TPSA) is 26.3 Å². The summed E-state index contributed by atoms with van der Waals surface area (Å²) in [6.07, 6.45) is 2.89. The van der Waals surface area contributed by atoms with Gasteiger partial charge >= 0.3 is 0 Å². The summed E-state index contributed by atoms with van der Waals surface area (Å²) in [7, 11) is 0. The van der Waals surface area contributed by atoms with Gasteiger partial charge in [0.05, 0.1) is 0 Å². The van der Waals surface area contributed by atoms with E-state index in [9.17, 15) is 4.79 Å². The highest BCUT2D eigenvalue weighted by atomic mass is 35.5. The Morgan fingerprint density at radius 2 is 2.13 bits per heavy atom. The van der Waals surface area contributed by atoms with E-state index in [0.717, 1.165) is 18.6 Å². The van der Waals surface area contributed by atoms with Crippen LogP contribution in [-0.2, 0) is 17.6 Å². The van der Waals surface area contributed by atoms with E-state index in [1.807, 2.05) is 12.1 Å². The van der Waals surface area contributed by atoms with Crippen molar-refractivity contribution >= 4 is 16.8 Å². The first-order valence-corrected chi connectivity index (χ1v) is 5.52. The minimum absolute atomic E-state index is 0.463. The molecule has 0 saturated heterocycles. The molecule has 2 rings (SSSR count). The molecule has 2 nitrogen and oxygen atoms in total. The molecule has 0 N–H and O–H groups in total. The number of hydrogen-bond acceptors (Lipinski definition) is 2. The van der Waals surface area contributed by atoms with E-state index >= 15 is 0 Å². The first-order valence-electron chi connectivity index (χ1n) is 5.14. The van der Waals surface area contributed by atoms with Gasteiger partial charge in [0, 0.05) is 0 Å². The van der Waals surface area contributed by atoms with E-state index in [1.54, 1.807) is 6.92 Å². The molecule has 0 aliphatic heterocycles. The van der Waals surface area contributed by atoms with Crippen LogP contribution in [0.1, 0.15) is 24.5 Å². The molecule has 3 heteroatoms. The number of halogens is 1. The van der Waals surface area contributed by atoms with Crippen molar-refractivity contribution in [1.29, 1.82) is 0 Å². The molecule has 15 heavy (non-hydrogen) atoms. The number of ether oxygens (including phenoxy) is 1. The van der Waals surface area contributed by atoms with Crippen molar-refractivity contribution in [3.05, 3.63) is 29.3 Å². The van der Waals surface area contributed by atoms with E-state index in [0.29, 0.717) is 0 Å². The highest BCUT2D eigenvalue weighted by Gasteiger charge is 2.14. The van der Waals surface area contributed by atoms with Crippen molar-refractivity contribution in [2.45, 2.75) is 32.3 Å². The molecule has 1 aromatic rings.